The highest BCUT2D eigenvalue weighted by molar-refractivity contribution is 9.10. The van der Waals surface area contributed by atoms with Crippen LogP contribution in [0.2, 0.25) is 0 Å². The van der Waals surface area contributed by atoms with Gasteiger partial charge < -0.3 is 4.74 Å². The Morgan fingerprint density at radius 1 is 1.15 bits per heavy atom. The first-order valence-corrected chi connectivity index (χ1v) is 10.3. The molecule has 6 heteroatoms. The predicted molar refractivity (Wildman–Crippen MR) is 107 cm³/mol. The van der Waals surface area contributed by atoms with Gasteiger partial charge in [0.05, 0.1) is 6.04 Å². The van der Waals surface area contributed by atoms with Gasteiger partial charge in [-0.25, -0.2) is 9.78 Å². The van der Waals surface area contributed by atoms with E-state index >= 15 is 0 Å². The van der Waals surface area contributed by atoms with Crippen LogP contribution in [-0.4, -0.2) is 46.6 Å². The number of likely N-dealkylation sites (tertiary alicyclic amines) is 1. The van der Waals surface area contributed by atoms with E-state index in [0.717, 1.165) is 48.3 Å². The fourth-order valence-electron chi connectivity index (χ4n) is 4.09. The standard InChI is InChI=1S/C21H24BrN3O2/c1-15-17(7-8-20(22)23-15)13-24-11-9-18(10-12-24)25-19(14-27-21(25)26)16-5-3-2-4-6-16/h2-8,18-19H,9-14H2,1H3/t19-/m0/s1. The Balaban J connectivity index is 1.40. The van der Waals surface area contributed by atoms with Crippen molar-refractivity contribution in [1.29, 1.82) is 0 Å². The Morgan fingerprint density at radius 3 is 2.59 bits per heavy atom. The summed E-state index contributed by atoms with van der Waals surface area (Å²) in [6.07, 6.45) is 1.78. The van der Waals surface area contributed by atoms with E-state index in [0.29, 0.717) is 6.61 Å². The molecule has 4 rings (SSSR count). The average molecular weight is 430 g/mol. The summed E-state index contributed by atoms with van der Waals surface area (Å²) in [7, 11) is 0. The second-order valence-corrected chi connectivity index (χ2v) is 8.11. The van der Waals surface area contributed by atoms with Gasteiger partial charge in [0.25, 0.3) is 0 Å². The Labute approximate surface area is 168 Å². The summed E-state index contributed by atoms with van der Waals surface area (Å²) >= 11 is 3.42. The Kier molecular flexibility index (Phi) is 5.45. The summed E-state index contributed by atoms with van der Waals surface area (Å²) in [5, 5.41) is 0. The minimum Gasteiger partial charge on any atom is -0.447 e. The zero-order chi connectivity index (χ0) is 18.8. The number of cyclic esters (lactones) is 1. The Bertz CT molecular complexity index is 806. The summed E-state index contributed by atoms with van der Waals surface area (Å²) in [5.41, 5.74) is 3.49. The third-order valence-corrected chi connectivity index (χ3v) is 6.04. The first-order chi connectivity index (χ1) is 13.1. The summed E-state index contributed by atoms with van der Waals surface area (Å²) in [5.74, 6) is 0. The molecule has 2 aromatic rings. The predicted octanol–water partition coefficient (Wildman–Crippen LogP) is 4.31. The largest absolute Gasteiger partial charge is 0.447 e. The van der Waals surface area contributed by atoms with Crippen molar-refractivity contribution in [3.8, 4) is 0 Å². The molecule has 0 unspecified atom stereocenters. The van der Waals surface area contributed by atoms with Gasteiger partial charge in [0.2, 0.25) is 0 Å². The lowest BCUT2D eigenvalue weighted by Crippen LogP contribution is -2.46. The van der Waals surface area contributed by atoms with Gasteiger partial charge in [0.15, 0.2) is 0 Å². The minimum atomic E-state index is -0.171. The lowest BCUT2D eigenvalue weighted by Gasteiger charge is -2.38. The molecule has 0 bridgehead atoms. The molecule has 5 nitrogen and oxygen atoms in total. The molecule has 1 atom stereocenters. The van der Waals surface area contributed by atoms with Crippen molar-refractivity contribution in [1.82, 2.24) is 14.8 Å². The van der Waals surface area contributed by atoms with Crippen LogP contribution in [0.5, 0.6) is 0 Å². The average Bonchev–Trinajstić information content (AvgIpc) is 3.07. The SMILES string of the molecule is Cc1nc(Br)ccc1CN1CCC(N2C(=O)OC[C@H]2c2ccccc2)CC1. The van der Waals surface area contributed by atoms with Gasteiger partial charge in [-0.2, -0.15) is 0 Å². The lowest BCUT2D eigenvalue weighted by molar-refractivity contribution is 0.104. The number of hydrogen-bond acceptors (Lipinski definition) is 4. The highest BCUT2D eigenvalue weighted by atomic mass is 79.9. The first kappa shape index (κ1) is 18.4. The van der Waals surface area contributed by atoms with Crippen LogP contribution in [0.3, 0.4) is 0 Å². The number of pyridine rings is 1. The fourth-order valence-corrected chi connectivity index (χ4v) is 4.49. The summed E-state index contributed by atoms with van der Waals surface area (Å²) in [6, 6.07) is 14.6. The van der Waals surface area contributed by atoms with Crippen molar-refractivity contribution in [3.05, 3.63) is 63.9 Å². The maximum atomic E-state index is 12.4. The molecule has 142 valence electrons. The maximum Gasteiger partial charge on any atom is 0.410 e. The normalized spacial score (nSPS) is 21.5. The number of amides is 1. The number of carbonyl (C=O) groups excluding carboxylic acids is 1. The maximum absolute atomic E-state index is 12.4. The molecule has 1 aromatic carbocycles. The smallest absolute Gasteiger partial charge is 0.410 e. The molecule has 1 aromatic heterocycles. The number of piperidine rings is 1. The van der Waals surface area contributed by atoms with E-state index in [1.165, 1.54) is 5.56 Å². The molecule has 0 aliphatic carbocycles. The van der Waals surface area contributed by atoms with E-state index in [4.69, 9.17) is 4.74 Å². The van der Waals surface area contributed by atoms with Crippen LogP contribution < -0.4 is 0 Å². The first-order valence-electron chi connectivity index (χ1n) is 9.46. The number of benzene rings is 1. The van der Waals surface area contributed by atoms with Crippen molar-refractivity contribution in [3.63, 3.8) is 0 Å². The molecule has 27 heavy (non-hydrogen) atoms. The summed E-state index contributed by atoms with van der Waals surface area (Å²) in [6.45, 7) is 5.37. The van der Waals surface area contributed by atoms with Crippen LogP contribution in [0.1, 0.15) is 35.7 Å². The van der Waals surface area contributed by atoms with Crippen LogP contribution in [0.15, 0.2) is 47.1 Å². The summed E-state index contributed by atoms with van der Waals surface area (Å²) < 4.78 is 6.27. The van der Waals surface area contributed by atoms with E-state index < -0.39 is 0 Å². The molecule has 0 spiro atoms. The van der Waals surface area contributed by atoms with Crippen LogP contribution in [0, 0.1) is 6.92 Å². The van der Waals surface area contributed by atoms with E-state index in [2.05, 4.69) is 50.9 Å². The molecule has 1 amide bonds. The van der Waals surface area contributed by atoms with Gasteiger partial charge in [0, 0.05) is 31.4 Å². The molecule has 3 heterocycles. The number of aryl methyl sites for hydroxylation is 1. The monoisotopic (exact) mass is 429 g/mol. The molecule has 2 saturated heterocycles. The molecule has 0 radical (unpaired) electrons. The second kappa shape index (κ2) is 7.98. The number of halogens is 1. The zero-order valence-electron chi connectivity index (χ0n) is 15.5. The van der Waals surface area contributed by atoms with Gasteiger partial charge in [-0.15, -0.1) is 0 Å². The van der Waals surface area contributed by atoms with E-state index in [9.17, 15) is 4.79 Å². The third-order valence-electron chi connectivity index (χ3n) is 5.60. The number of rotatable bonds is 4. The molecule has 0 N–H and O–H groups in total. The Hall–Kier alpha value is -1.92. The summed E-state index contributed by atoms with van der Waals surface area (Å²) in [4.78, 5) is 21.3. The van der Waals surface area contributed by atoms with E-state index in [1.807, 2.05) is 29.2 Å². The zero-order valence-corrected chi connectivity index (χ0v) is 17.1. The Morgan fingerprint density at radius 2 is 1.89 bits per heavy atom. The number of ether oxygens (including phenoxy) is 1. The molecule has 2 aliphatic heterocycles. The van der Waals surface area contributed by atoms with E-state index in [-0.39, 0.29) is 18.2 Å². The van der Waals surface area contributed by atoms with Crippen molar-refractivity contribution < 1.29 is 9.53 Å². The molecule has 0 saturated carbocycles. The molecular formula is C21H24BrN3O2. The van der Waals surface area contributed by atoms with Crippen molar-refractivity contribution in [2.45, 2.75) is 38.4 Å². The number of aromatic nitrogens is 1. The van der Waals surface area contributed by atoms with Crippen molar-refractivity contribution in [2.75, 3.05) is 19.7 Å². The van der Waals surface area contributed by atoms with Crippen molar-refractivity contribution in [2.24, 2.45) is 0 Å². The topological polar surface area (TPSA) is 45.7 Å². The van der Waals surface area contributed by atoms with Crippen molar-refractivity contribution >= 4 is 22.0 Å². The second-order valence-electron chi connectivity index (χ2n) is 7.30. The van der Waals surface area contributed by atoms with Gasteiger partial charge in [-0.1, -0.05) is 36.4 Å². The lowest BCUT2D eigenvalue weighted by atomic mass is 9.99. The number of nitrogens with zero attached hydrogens (tertiary/aromatic N) is 3. The van der Waals surface area contributed by atoms with Crippen LogP contribution in [0.4, 0.5) is 4.79 Å². The van der Waals surface area contributed by atoms with Gasteiger partial charge in [-0.05, 0) is 52.9 Å². The molecule has 2 aliphatic rings. The molecule has 2 fully saturated rings. The quantitative estimate of drug-likeness (QED) is 0.679. The van der Waals surface area contributed by atoms with Crippen LogP contribution in [-0.2, 0) is 11.3 Å². The van der Waals surface area contributed by atoms with Gasteiger partial charge in [0.1, 0.15) is 11.2 Å². The van der Waals surface area contributed by atoms with Gasteiger partial charge >= 0.3 is 6.09 Å². The van der Waals surface area contributed by atoms with Crippen LogP contribution in [0.25, 0.3) is 0 Å². The highest BCUT2D eigenvalue weighted by Crippen LogP contribution is 2.33. The number of hydrogen-bond donors (Lipinski definition) is 0. The molecular weight excluding hydrogens is 406 g/mol. The third kappa shape index (κ3) is 4.01. The fraction of sp³-hybridized carbons (Fsp3) is 0.429. The minimum absolute atomic E-state index is 0.0353. The van der Waals surface area contributed by atoms with E-state index in [1.54, 1.807) is 0 Å². The highest BCUT2D eigenvalue weighted by Gasteiger charge is 2.40. The number of carbonyl (C=O) groups is 1. The van der Waals surface area contributed by atoms with Gasteiger partial charge in [-0.3, -0.25) is 9.80 Å². The van der Waals surface area contributed by atoms with Crippen LogP contribution >= 0.6 is 15.9 Å².